The first-order chi connectivity index (χ1) is 7.04. The van der Waals surface area contributed by atoms with Crippen molar-refractivity contribution in [2.75, 3.05) is 22.0 Å². The number of fused-ring (bicyclic) bond motifs is 6. The van der Waals surface area contributed by atoms with Crippen LogP contribution in [0.15, 0.2) is 0 Å². The Labute approximate surface area is 102 Å². The van der Waals surface area contributed by atoms with Gasteiger partial charge in [-0.3, -0.25) is 0 Å². The van der Waals surface area contributed by atoms with E-state index in [0.29, 0.717) is 0 Å². The fraction of sp³-hybridized carbons (Fsp3) is 1.00. The van der Waals surface area contributed by atoms with Crippen LogP contribution in [0.1, 0.15) is 22.0 Å². The molecule has 2 bridgehead atoms. The third-order valence-corrected chi connectivity index (χ3v) is 23.6. The van der Waals surface area contributed by atoms with E-state index in [2.05, 4.69) is 27.5 Å². The topological polar surface area (TPSA) is 3.24 Å². The van der Waals surface area contributed by atoms with Gasteiger partial charge in [0.25, 0.3) is 0 Å². The van der Waals surface area contributed by atoms with Gasteiger partial charge in [-0.05, 0) is 0 Å². The van der Waals surface area contributed by atoms with Crippen LogP contribution in [0.25, 0.3) is 0 Å². The third kappa shape index (κ3) is 2.74. The Hall–Kier alpha value is 1.49. The zero-order valence-electron chi connectivity index (χ0n) is 10.2. The summed E-state index contributed by atoms with van der Waals surface area (Å²) in [6.07, 6.45) is 3.83. The normalized spacial score (nSPS) is 44.2. The minimum atomic E-state index is -2.46. The molecule has 3 heterocycles. The molecule has 3 saturated heterocycles. The van der Waals surface area contributed by atoms with E-state index in [-0.39, 0.29) is 0 Å². The molecule has 0 saturated carbocycles. The molecule has 0 amide bonds. The zero-order valence-corrected chi connectivity index (χ0v) is 13.2. The van der Waals surface area contributed by atoms with Crippen molar-refractivity contribution >= 4 is 41.0 Å². The van der Waals surface area contributed by atoms with Gasteiger partial charge in [0.2, 0.25) is 0 Å². The Morgan fingerprint density at radius 2 is 1.54 bits per heavy atom. The summed E-state index contributed by atoms with van der Waals surface area (Å²) >= 11 is -0.327. The van der Waals surface area contributed by atoms with Gasteiger partial charge in [0.15, 0.2) is 0 Å². The van der Waals surface area contributed by atoms with E-state index < -0.39 is 20.8 Å². The second-order valence-corrected chi connectivity index (χ2v) is 20.3. The predicted octanol–water partition coefficient (Wildman–Crippen LogP) is 2.91. The Morgan fingerprint density at radius 1 is 1.08 bits per heavy atom. The number of alkyl halides is 1. The summed E-state index contributed by atoms with van der Waals surface area (Å²) in [5.41, 5.74) is 0. The fourth-order valence-electron chi connectivity index (χ4n) is 2.78. The number of hydrogen-bond donors (Lipinski definition) is 0. The molecule has 3 aliphatic heterocycles. The van der Waals surface area contributed by atoms with Gasteiger partial charge in [0, 0.05) is 0 Å². The van der Waals surface area contributed by atoms with Crippen LogP contribution in [-0.4, -0.2) is 45.3 Å². The van der Waals surface area contributed by atoms with E-state index in [4.69, 9.17) is 2.74 Å². The van der Waals surface area contributed by atoms with Crippen molar-refractivity contribution in [3.05, 3.63) is 0 Å². The van der Waals surface area contributed by atoms with Gasteiger partial charge in [-0.25, -0.2) is 0 Å². The Kier molecular flexibility index (Phi) is 3.32. The Bertz CT molecular complexity index is 205. The summed E-state index contributed by atoms with van der Waals surface area (Å²) in [4.78, 5) is 2.59. The molecule has 3 rings (SSSR count). The van der Waals surface area contributed by atoms with E-state index >= 15 is 0 Å². The minimum absolute atomic E-state index is 0.814. The van der Waals surface area contributed by atoms with Crippen molar-refractivity contribution in [1.29, 1.82) is 0 Å². The molecule has 0 atom stereocenters. The summed E-state index contributed by atoms with van der Waals surface area (Å²) < 4.78 is 19.5. The molecule has 0 aliphatic carbocycles. The molecule has 0 aromatic heterocycles. The van der Waals surface area contributed by atoms with Crippen molar-refractivity contribution < 1.29 is 2.74 Å². The number of hydrogen-bond acceptors (Lipinski definition) is 1. The van der Waals surface area contributed by atoms with E-state index in [1.165, 1.54) is 52.2 Å². The van der Waals surface area contributed by atoms with Crippen LogP contribution in [0.2, 0.25) is 13.3 Å². The molecule has 13 heavy (non-hydrogen) atoms. The molecular formula is C10H20INSn. The Morgan fingerprint density at radius 3 is 1.92 bits per heavy atom. The summed E-state index contributed by atoms with van der Waals surface area (Å²) in [6.45, 7) is 3.72. The standard InChI is InChI=1S/C9H18N.CH2I.Sn/c1-4-7-10(8-5-2)9-6-3;1-2;/h1-9H2;1H2;/i;1D2;. The molecule has 3 heteroatoms. The second-order valence-electron chi connectivity index (χ2n) is 4.53. The van der Waals surface area contributed by atoms with Gasteiger partial charge in [-0.1, -0.05) is 0 Å². The van der Waals surface area contributed by atoms with Crippen LogP contribution < -0.4 is 0 Å². The Balaban J connectivity index is 2.19. The SMILES string of the molecule is [2H][C]([2H])(I)[Sn]12[CH2]CCN(CC[CH2]1)CC[CH2]2. The van der Waals surface area contributed by atoms with E-state index in [9.17, 15) is 0 Å². The fourth-order valence-corrected chi connectivity index (χ4v) is 18.3. The molecule has 3 fully saturated rings. The molecule has 0 unspecified atom stereocenters. The van der Waals surface area contributed by atoms with E-state index in [0.717, 1.165) is 0 Å². The maximum atomic E-state index is 8.20. The first-order valence-corrected chi connectivity index (χ1v) is 14.0. The van der Waals surface area contributed by atoms with Crippen molar-refractivity contribution in [2.45, 2.75) is 32.6 Å². The molecule has 0 aromatic carbocycles. The molecular weight excluding hydrogens is 380 g/mol. The van der Waals surface area contributed by atoms with Crippen molar-refractivity contribution in [2.24, 2.45) is 0 Å². The molecule has 0 radical (unpaired) electrons. The van der Waals surface area contributed by atoms with Crippen LogP contribution in [0.4, 0.5) is 0 Å². The third-order valence-electron chi connectivity index (χ3n) is 3.59. The van der Waals surface area contributed by atoms with Gasteiger partial charge in [-0.15, -0.1) is 0 Å². The average Bonchev–Trinajstić information content (AvgIpc) is 1.96. The predicted molar refractivity (Wildman–Crippen MR) is 69.4 cm³/mol. The van der Waals surface area contributed by atoms with Crippen LogP contribution in [-0.2, 0) is 0 Å². The van der Waals surface area contributed by atoms with Crippen LogP contribution in [0.3, 0.4) is 0 Å². The number of nitrogens with zero attached hydrogens (tertiary/aromatic N) is 1. The van der Waals surface area contributed by atoms with Crippen molar-refractivity contribution in [3.8, 4) is 0 Å². The maximum absolute atomic E-state index is 8.20. The van der Waals surface area contributed by atoms with Gasteiger partial charge in [0.1, 0.15) is 0 Å². The summed E-state index contributed by atoms with van der Waals surface area (Å²) in [5, 5.41) is 0. The molecule has 0 N–H and O–H groups in total. The van der Waals surface area contributed by atoms with Crippen LogP contribution in [0.5, 0.6) is 0 Å². The van der Waals surface area contributed by atoms with Gasteiger partial charge >= 0.3 is 103 Å². The molecule has 0 aromatic rings. The molecule has 3 aliphatic rings. The quantitative estimate of drug-likeness (QED) is 0.371. The molecule has 76 valence electrons. The first kappa shape index (κ1) is 8.62. The van der Waals surface area contributed by atoms with Crippen molar-refractivity contribution in [1.82, 2.24) is 4.90 Å². The van der Waals surface area contributed by atoms with Crippen LogP contribution >= 0.6 is 22.6 Å². The monoisotopic (exact) mass is 403 g/mol. The first-order valence-electron chi connectivity index (χ1n) is 6.45. The number of halogens is 1. The van der Waals surface area contributed by atoms with Gasteiger partial charge in [0.05, 0.1) is 0 Å². The molecule has 0 spiro atoms. The zero-order chi connectivity index (χ0) is 10.9. The van der Waals surface area contributed by atoms with Crippen molar-refractivity contribution in [3.63, 3.8) is 0 Å². The van der Waals surface area contributed by atoms with E-state index in [1.54, 1.807) is 0 Å². The summed E-state index contributed by atoms with van der Waals surface area (Å²) in [5.74, 6) is 0. The van der Waals surface area contributed by atoms with E-state index in [1.807, 2.05) is 0 Å². The molecule has 1 nitrogen and oxygen atoms in total. The second kappa shape index (κ2) is 5.01. The number of rotatable bonds is 1. The summed E-state index contributed by atoms with van der Waals surface area (Å²) in [6, 6.07) is 0. The summed E-state index contributed by atoms with van der Waals surface area (Å²) in [7, 11) is 0. The van der Waals surface area contributed by atoms with Gasteiger partial charge in [-0.2, -0.15) is 0 Å². The van der Waals surface area contributed by atoms with Gasteiger partial charge < -0.3 is 0 Å². The average molecular weight is 402 g/mol. The van der Waals surface area contributed by atoms with Crippen LogP contribution in [0, 0.1) is 0 Å².